The van der Waals surface area contributed by atoms with Gasteiger partial charge in [-0.05, 0) is 50.2 Å². The molecule has 180 valence electrons. The lowest BCUT2D eigenvalue weighted by molar-refractivity contribution is -0.141. The summed E-state index contributed by atoms with van der Waals surface area (Å²) in [7, 11) is 0. The standard InChI is InChI=1S/C23H25F3N6O2/c1-22(2,34)20-18(29-21(33)17-4-3-5-19(28-17)23(24,25)26)14-32(30-20)16-8-6-15(7-9-16)31-12-10-27-11-13-31/h3-9,14,27,34H,10-13H2,1-2H3,(H,29,33). The second-order valence-corrected chi connectivity index (χ2v) is 8.51. The number of carbonyl (C=O) groups is 1. The lowest BCUT2D eigenvalue weighted by Gasteiger charge is -2.29. The van der Waals surface area contributed by atoms with E-state index in [1.165, 1.54) is 30.8 Å². The number of aromatic nitrogens is 3. The smallest absolute Gasteiger partial charge is 0.384 e. The van der Waals surface area contributed by atoms with Gasteiger partial charge in [-0.15, -0.1) is 0 Å². The summed E-state index contributed by atoms with van der Waals surface area (Å²) in [4.78, 5) is 18.3. The SMILES string of the molecule is CC(C)(O)c1nn(-c2ccc(N3CCNCC3)cc2)cc1NC(=O)c1cccc(C(F)(F)F)n1. The minimum absolute atomic E-state index is 0.166. The topological polar surface area (TPSA) is 95.3 Å². The quantitative estimate of drug-likeness (QED) is 0.526. The highest BCUT2D eigenvalue weighted by Gasteiger charge is 2.33. The van der Waals surface area contributed by atoms with Crippen LogP contribution in [0, 0.1) is 0 Å². The lowest BCUT2D eigenvalue weighted by atomic mass is 10.0. The molecule has 1 aromatic carbocycles. The third-order valence-electron chi connectivity index (χ3n) is 5.41. The molecule has 4 rings (SSSR count). The number of nitrogens with one attached hydrogen (secondary N) is 2. The van der Waals surface area contributed by atoms with E-state index in [0.29, 0.717) is 5.69 Å². The van der Waals surface area contributed by atoms with Crippen LogP contribution < -0.4 is 15.5 Å². The third kappa shape index (κ3) is 5.20. The first-order valence-corrected chi connectivity index (χ1v) is 10.8. The lowest BCUT2D eigenvalue weighted by Crippen LogP contribution is -2.43. The summed E-state index contributed by atoms with van der Waals surface area (Å²) in [5.74, 6) is -0.842. The van der Waals surface area contributed by atoms with Crippen LogP contribution in [0.5, 0.6) is 0 Å². The van der Waals surface area contributed by atoms with Gasteiger partial charge in [0.05, 0.1) is 17.6 Å². The van der Waals surface area contributed by atoms with Gasteiger partial charge in [-0.2, -0.15) is 18.3 Å². The molecule has 0 atom stereocenters. The highest BCUT2D eigenvalue weighted by Crippen LogP contribution is 2.30. The highest BCUT2D eigenvalue weighted by atomic mass is 19.4. The Hall–Kier alpha value is -3.44. The zero-order valence-corrected chi connectivity index (χ0v) is 18.7. The minimum atomic E-state index is -4.67. The van der Waals surface area contributed by atoms with Gasteiger partial charge in [-0.1, -0.05) is 6.07 Å². The van der Waals surface area contributed by atoms with Crippen molar-refractivity contribution in [1.29, 1.82) is 0 Å². The number of halogens is 3. The van der Waals surface area contributed by atoms with Crippen molar-refractivity contribution in [2.75, 3.05) is 36.4 Å². The van der Waals surface area contributed by atoms with E-state index in [1.807, 2.05) is 24.3 Å². The average Bonchev–Trinajstić information content (AvgIpc) is 3.24. The number of amides is 1. The molecule has 8 nitrogen and oxygen atoms in total. The molecule has 3 aromatic rings. The number of nitrogens with zero attached hydrogens (tertiary/aromatic N) is 4. The van der Waals surface area contributed by atoms with Crippen LogP contribution >= 0.6 is 0 Å². The third-order valence-corrected chi connectivity index (χ3v) is 5.41. The van der Waals surface area contributed by atoms with Gasteiger partial charge in [0.2, 0.25) is 0 Å². The van der Waals surface area contributed by atoms with Gasteiger partial charge >= 0.3 is 6.18 Å². The molecular formula is C23H25F3N6O2. The van der Waals surface area contributed by atoms with Gasteiger partial charge in [0, 0.05) is 31.9 Å². The number of carbonyl (C=O) groups excluding carboxylic acids is 1. The van der Waals surface area contributed by atoms with E-state index in [9.17, 15) is 23.1 Å². The van der Waals surface area contributed by atoms with Crippen LogP contribution in [-0.2, 0) is 11.8 Å². The summed E-state index contributed by atoms with van der Waals surface area (Å²) in [5, 5.41) is 20.8. The Morgan fingerprint density at radius 2 is 1.71 bits per heavy atom. The largest absolute Gasteiger partial charge is 0.433 e. The number of hydrogen-bond donors (Lipinski definition) is 3. The summed E-state index contributed by atoms with van der Waals surface area (Å²) < 4.78 is 40.4. The number of anilines is 2. The maximum absolute atomic E-state index is 13.0. The fourth-order valence-electron chi connectivity index (χ4n) is 3.69. The van der Waals surface area contributed by atoms with E-state index in [0.717, 1.165) is 44.0 Å². The first kappa shape index (κ1) is 23.7. The van der Waals surface area contributed by atoms with Gasteiger partial charge in [0.25, 0.3) is 5.91 Å². The molecule has 2 aromatic heterocycles. The second-order valence-electron chi connectivity index (χ2n) is 8.51. The molecule has 1 saturated heterocycles. The number of piperazine rings is 1. The highest BCUT2D eigenvalue weighted by molar-refractivity contribution is 6.03. The van der Waals surface area contributed by atoms with E-state index >= 15 is 0 Å². The molecular weight excluding hydrogens is 449 g/mol. The van der Waals surface area contributed by atoms with Crippen LogP contribution in [0.25, 0.3) is 5.69 Å². The van der Waals surface area contributed by atoms with Crippen molar-refractivity contribution < 1.29 is 23.1 Å². The van der Waals surface area contributed by atoms with Crippen molar-refractivity contribution in [3.8, 4) is 5.69 Å². The van der Waals surface area contributed by atoms with Crippen molar-refractivity contribution >= 4 is 17.3 Å². The molecule has 0 unspecified atom stereocenters. The molecule has 1 aliphatic heterocycles. The van der Waals surface area contributed by atoms with Gasteiger partial charge in [0.1, 0.15) is 22.7 Å². The maximum atomic E-state index is 13.0. The maximum Gasteiger partial charge on any atom is 0.433 e. The molecule has 3 heterocycles. The molecule has 0 spiro atoms. The summed E-state index contributed by atoms with van der Waals surface area (Å²) >= 11 is 0. The van der Waals surface area contributed by atoms with Crippen LogP contribution in [-0.4, -0.2) is 52.0 Å². The van der Waals surface area contributed by atoms with E-state index in [-0.39, 0.29) is 11.4 Å². The van der Waals surface area contributed by atoms with Crippen molar-refractivity contribution in [3.63, 3.8) is 0 Å². The van der Waals surface area contributed by atoms with Gasteiger partial charge < -0.3 is 20.6 Å². The Morgan fingerprint density at radius 3 is 2.32 bits per heavy atom. The number of benzene rings is 1. The normalized spacial score (nSPS) is 14.8. The molecule has 3 N–H and O–H groups in total. The minimum Gasteiger partial charge on any atom is -0.384 e. The van der Waals surface area contributed by atoms with Crippen LogP contribution in [0.4, 0.5) is 24.5 Å². The zero-order chi connectivity index (χ0) is 24.5. The van der Waals surface area contributed by atoms with Crippen LogP contribution in [0.3, 0.4) is 0 Å². The predicted octanol–water partition coefficient (Wildman–Crippen LogP) is 3.18. The Bertz CT molecular complexity index is 1160. The first-order chi connectivity index (χ1) is 16.0. The second kappa shape index (κ2) is 9.07. The Kier molecular flexibility index (Phi) is 6.32. The van der Waals surface area contributed by atoms with E-state index in [2.05, 4.69) is 25.6 Å². The molecule has 0 saturated carbocycles. The molecule has 0 aliphatic carbocycles. The Balaban J connectivity index is 1.60. The fraction of sp³-hybridized carbons (Fsp3) is 0.348. The van der Waals surface area contributed by atoms with Crippen molar-refractivity contribution in [3.05, 3.63) is 65.7 Å². The summed E-state index contributed by atoms with van der Waals surface area (Å²) in [6.07, 6.45) is -3.16. The van der Waals surface area contributed by atoms with Gasteiger partial charge in [0.15, 0.2) is 0 Å². The van der Waals surface area contributed by atoms with Crippen molar-refractivity contribution in [2.24, 2.45) is 0 Å². The monoisotopic (exact) mass is 474 g/mol. The number of aliphatic hydroxyl groups is 1. The number of alkyl halides is 3. The molecule has 11 heteroatoms. The fourth-order valence-corrected chi connectivity index (χ4v) is 3.69. The zero-order valence-electron chi connectivity index (χ0n) is 18.7. The molecule has 1 fully saturated rings. The first-order valence-electron chi connectivity index (χ1n) is 10.8. The van der Waals surface area contributed by atoms with Gasteiger partial charge in [-0.25, -0.2) is 9.67 Å². The summed E-state index contributed by atoms with van der Waals surface area (Å²) in [6, 6.07) is 10.8. The average molecular weight is 474 g/mol. The Labute approximate surface area is 194 Å². The molecule has 1 amide bonds. The number of rotatable bonds is 5. The molecule has 0 bridgehead atoms. The van der Waals surface area contributed by atoms with Gasteiger partial charge in [-0.3, -0.25) is 4.79 Å². The van der Waals surface area contributed by atoms with Crippen molar-refractivity contribution in [2.45, 2.75) is 25.6 Å². The van der Waals surface area contributed by atoms with E-state index in [4.69, 9.17) is 0 Å². The summed E-state index contributed by atoms with van der Waals surface area (Å²) in [6.45, 7) is 6.66. The summed E-state index contributed by atoms with van der Waals surface area (Å²) in [5.41, 5.74) is -0.878. The van der Waals surface area contributed by atoms with Crippen LogP contribution in [0.2, 0.25) is 0 Å². The number of hydrogen-bond acceptors (Lipinski definition) is 6. The molecule has 0 radical (unpaired) electrons. The van der Waals surface area contributed by atoms with Crippen molar-refractivity contribution in [1.82, 2.24) is 20.1 Å². The van der Waals surface area contributed by atoms with Crippen LogP contribution in [0.15, 0.2) is 48.7 Å². The van der Waals surface area contributed by atoms with E-state index in [1.54, 1.807) is 0 Å². The molecule has 1 aliphatic rings. The number of pyridine rings is 1. The predicted molar refractivity (Wildman–Crippen MR) is 121 cm³/mol. The molecule has 34 heavy (non-hydrogen) atoms. The van der Waals surface area contributed by atoms with Crippen LogP contribution in [0.1, 0.15) is 35.7 Å². The Morgan fingerprint density at radius 1 is 1.06 bits per heavy atom. The van der Waals surface area contributed by atoms with E-state index < -0.39 is 29.1 Å².